The van der Waals surface area contributed by atoms with Crippen molar-refractivity contribution in [2.45, 2.75) is 123 Å². The lowest BCUT2D eigenvalue weighted by Gasteiger charge is -2.55. The number of piperidine rings is 2. The van der Waals surface area contributed by atoms with E-state index in [2.05, 4.69) is 14.1 Å². The van der Waals surface area contributed by atoms with Gasteiger partial charge in [0.25, 0.3) is 0 Å². The van der Waals surface area contributed by atoms with Crippen LogP contribution in [0.3, 0.4) is 0 Å². The molecule has 4 aliphatic heterocycles. The fourth-order valence-electron chi connectivity index (χ4n) is 11.2. The Morgan fingerprint density at radius 3 is 1.21 bits per heavy atom. The Bertz CT molecular complexity index is 1780. The maximum absolute atomic E-state index is 13.8. The van der Waals surface area contributed by atoms with Crippen molar-refractivity contribution in [1.29, 1.82) is 0 Å². The summed E-state index contributed by atoms with van der Waals surface area (Å²) in [5.74, 6) is -3.44. The molecule has 14 heteroatoms. The van der Waals surface area contributed by atoms with Crippen LogP contribution in [0.2, 0.25) is 0 Å². The zero-order valence-corrected chi connectivity index (χ0v) is 33.1. The summed E-state index contributed by atoms with van der Waals surface area (Å²) in [5, 5.41) is 21.7. The third kappa shape index (κ3) is 7.90. The van der Waals surface area contributed by atoms with Gasteiger partial charge in [-0.2, -0.15) is 0 Å². The molecule has 4 unspecified atom stereocenters. The molecule has 6 rings (SSSR count). The van der Waals surface area contributed by atoms with Gasteiger partial charge in [0.05, 0.1) is 61.2 Å². The molecule has 2 aromatic carbocycles. The molecular formula is C42H54N2O12+2. The molecule has 4 aliphatic rings. The number of ether oxygens (including phenoxy) is 4. The fourth-order valence-corrected chi connectivity index (χ4v) is 11.2. The smallest absolute Gasteiger partial charge is 0.310 e. The highest BCUT2D eigenvalue weighted by molar-refractivity contribution is 5.82. The van der Waals surface area contributed by atoms with Crippen LogP contribution in [0.4, 0.5) is 0 Å². The predicted octanol–water partition coefficient (Wildman–Crippen LogP) is 5.41. The Hall–Kier alpha value is -4.82. The Balaban J connectivity index is 1.29. The van der Waals surface area contributed by atoms with Crippen molar-refractivity contribution in [3.05, 3.63) is 47.5 Å². The minimum absolute atomic E-state index is 0.0272. The van der Waals surface area contributed by atoms with Gasteiger partial charge in [0, 0.05) is 79.1 Å². The van der Waals surface area contributed by atoms with Gasteiger partial charge < -0.3 is 38.1 Å². The largest absolute Gasteiger partial charge is 0.481 e. The van der Waals surface area contributed by atoms with E-state index >= 15 is 0 Å². The molecule has 4 atom stereocenters. The number of hydrogen-bond donors (Lipinski definition) is 2. The highest BCUT2D eigenvalue weighted by Crippen LogP contribution is 2.59. The average molecular weight is 779 g/mol. The van der Waals surface area contributed by atoms with Crippen LogP contribution in [-0.4, -0.2) is 93.3 Å². The first kappa shape index (κ1) is 40.8. The number of benzene rings is 2. The van der Waals surface area contributed by atoms with Crippen molar-refractivity contribution in [2.75, 3.05) is 14.1 Å². The SMILES string of the molecule is CC(=O)Oc1ccc(OC(C)=O)c(C[N+]2(C)C3CCC2CC(C(CC(=O)O)(C(=O)O)C2CC4CCC(C2)[N+]4(C)Cc2cc(OC(C)=O)ccc2OC(C)=O)C3)c1. The van der Waals surface area contributed by atoms with E-state index < -0.39 is 47.7 Å². The minimum atomic E-state index is -1.49. The quantitative estimate of drug-likeness (QED) is 0.150. The summed E-state index contributed by atoms with van der Waals surface area (Å²) in [6.45, 7) is 6.19. The summed E-state index contributed by atoms with van der Waals surface area (Å²) < 4.78 is 23.0. The Kier molecular flexibility index (Phi) is 11.4. The second kappa shape index (κ2) is 15.6. The molecule has 0 aromatic heterocycles. The second-order valence-electron chi connectivity index (χ2n) is 16.9. The van der Waals surface area contributed by atoms with E-state index in [0.29, 0.717) is 81.9 Å². The number of aliphatic carboxylic acids is 2. The van der Waals surface area contributed by atoms with Gasteiger partial charge in [0.15, 0.2) is 0 Å². The molecule has 0 amide bonds. The van der Waals surface area contributed by atoms with Gasteiger partial charge in [0.1, 0.15) is 36.1 Å². The summed E-state index contributed by atoms with van der Waals surface area (Å²) >= 11 is 0. The summed E-state index contributed by atoms with van der Waals surface area (Å²) in [5.41, 5.74) is -0.0914. The van der Waals surface area contributed by atoms with Gasteiger partial charge in [-0.15, -0.1) is 0 Å². The lowest BCUT2D eigenvalue weighted by Crippen LogP contribution is -2.63. The van der Waals surface area contributed by atoms with Crippen LogP contribution in [0.1, 0.15) is 96.6 Å². The first-order chi connectivity index (χ1) is 26.3. The normalized spacial score (nSPS) is 30.1. The highest BCUT2D eigenvalue weighted by atomic mass is 16.5. The maximum atomic E-state index is 13.8. The maximum Gasteiger partial charge on any atom is 0.310 e. The molecule has 2 aromatic rings. The molecule has 2 N–H and O–H groups in total. The van der Waals surface area contributed by atoms with Crippen LogP contribution in [0.5, 0.6) is 23.0 Å². The molecule has 302 valence electrons. The van der Waals surface area contributed by atoms with Gasteiger partial charge in [-0.3, -0.25) is 28.8 Å². The lowest BCUT2D eigenvalue weighted by molar-refractivity contribution is -0.963. The number of carbonyl (C=O) groups excluding carboxylic acids is 4. The van der Waals surface area contributed by atoms with Crippen molar-refractivity contribution >= 4 is 35.8 Å². The van der Waals surface area contributed by atoms with Crippen LogP contribution in [0.25, 0.3) is 0 Å². The Labute approximate surface area is 326 Å². The summed E-state index contributed by atoms with van der Waals surface area (Å²) in [4.78, 5) is 74.2. The number of rotatable bonds is 13. The molecular weight excluding hydrogens is 724 g/mol. The molecule has 0 aliphatic carbocycles. The molecule has 0 spiro atoms. The van der Waals surface area contributed by atoms with Gasteiger partial charge in [0.2, 0.25) is 0 Å². The number of carbonyl (C=O) groups is 6. The van der Waals surface area contributed by atoms with E-state index in [0.717, 1.165) is 25.7 Å². The lowest BCUT2D eigenvalue weighted by atomic mass is 9.57. The van der Waals surface area contributed by atoms with E-state index in [1.807, 2.05) is 0 Å². The molecule has 4 fully saturated rings. The molecule has 56 heavy (non-hydrogen) atoms. The zero-order valence-electron chi connectivity index (χ0n) is 33.1. The topological polar surface area (TPSA) is 180 Å². The zero-order chi connectivity index (χ0) is 40.7. The summed E-state index contributed by atoms with van der Waals surface area (Å²) in [6.07, 6.45) is 5.04. The molecule has 0 radical (unpaired) electrons. The number of fused-ring (bicyclic) bond motifs is 4. The molecule has 14 nitrogen and oxygen atoms in total. The van der Waals surface area contributed by atoms with Crippen molar-refractivity contribution in [3.63, 3.8) is 0 Å². The van der Waals surface area contributed by atoms with Crippen LogP contribution in [0, 0.1) is 17.3 Å². The van der Waals surface area contributed by atoms with E-state index in [4.69, 9.17) is 18.9 Å². The van der Waals surface area contributed by atoms with Crippen molar-refractivity contribution in [3.8, 4) is 23.0 Å². The molecule has 4 heterocycles. The number of quaternary nitrogens is 2. The summed E-state index contributed by atoms with van der Waals surface area (Å²) in [6, 6.07) is 9.95. The van der Waals surface area contributed by atoms with Crippen LogP contribution in [-0.2, 0) is 41.9 Å². The number of carboxylic acids is 2. The van der Waals surface area contributed by atoms with E-state index in [9.17, 15) is 39.0 Å². The third-order valence-electron chi connectivity index (χ3n) is 13.6. The Morgan fingerprint density at radius 1 is 0.589 bits per heavy atom. The second-order valence-corrected chi connectivity index (χ2v) is 16.9. The monoisotopic (exact) mass is 778 g/mol. The Morgan fingerprint density at radius 2 is 0.929 bits per heavy atom. The molecule has 0 saturated carbocycles. The number of nitrogens with zero attached hydrogens (tertiary/aromatic N) is 2. The molecule has 4 saturated heterocycles. The number of hydrogen-bond acceptors (Lipinski definition) is 10. The van der Waals surface area contributed by atoms with Crippen LogP contribution < -0.4 is 18.9 Å². The predicted molar refractivity (Wildman–Crippen MR) is 199 cm³/mol. The van der Waals surface area contributed by atoms with Crippen LogP contribution in [0.15, 0.2) is 36.4 Å². The van der Waals surface area contributed by atoms with Crippen LogP contribution >= 0.6 is 0 Å². The van der Waals surface area contributed by atoms with Gasteiger partial charge >= 0.3 is 35.8 Å². The third-order valence-corrected chi connectivity index (χ3v) is 13.6. The first-order valence-electron chi connectivity index (χ1n) is 19.5. The van der Waals surface area contributed by atoms with Crippen molar-refractivity contribution < 1.29 is 66.9 Å². The number of esters is 4. The van der Waals surface area contributed by atoms with Crippen molar-refractivity contribution in [1.82, 2.24) is 0 Å². The van der Waals surface area contributed by atoms with E-state index in [1.54, 1.807) is 36.4 Å². The average Bonchev–Trinajstić information content (AvgIpc) is 3.32. The van der Waals surface area contributed by atoms with E-state index in [1.165, 1.54) is 27.7 Å². The van der Waals surface area contributed by atoms with Gasteiger partial charge in [-0.05, 0) is 48.2 Å². The molecule has 4 bridgehead atoms. The standard InChI is InChI=1S/C42H52N2O12/c1-24(45)53-36-11-13-38(55-26(3)47)28(15-36)22-43(5)32-7-8-33(43)18-30(17-32)42(41(51)52,21-40(49)50)31-19-34-9-10-35(20-31)44(34,6)23-29-16-37(54-25(2)46)12-14-39(29)56-27(4)48/h11-16,30-35H,7-10,17-23H2,1-6H3/p+2. The first-order valence-corrected chi connectivity index (χ1v) is 19.5. The van der Waals surface area contributed by atoms with E-state index in [-0.39, 0.29) is 36.0 Å². The fraction of sp³-hybridized carbons (Fsp3) is 0.571. The highest BCUT2D eigenvalue weighted by Gasteiger charge is 2.64. The van der Waals surface area contributed by atoms with Gasteiger partial charge in [-0.1, -0.05) is 0 Å². The number of carboxylic acid groups (broad SMARTS) is 2. The van der Waals surface area contributed by atoms with Crippen molar-refractivity contribution in [2.24, 2.45) is 17.3 Å². The minimum Gasteiger partial charge on any atom is -0.481 e. The summed E-state index contributed by atoms with van der Waals surface area (Å²) in [7, 11) is 4.27. The van der Waals surface area contributed by atoms with Gasteiger partial charge in [-0.25, -0.2) is 0 Å².